The molecular formula is C16H20N2O6. The molecule has 8 nitrogen and oxygen atoms in total. The lowest BCUT2D eigenvalue weighted by molar-refractivity contribution is 0.0410. The molecule has 3 rings (SSSR count). The standard InChI is InChI=1S/C16H20N2O6/c19-15(17-4-8-21-9-5-17)23-13-2-1-3-14(12-13)24-16(20)18-6-10-22-11-7-18/h1-3,12H,4-11H2. The summed E-state index contributed by atoms with van der Waals surface area (Å²) in [5.74, 6) is 0.664. The van der Waals surface area contributed by atoms with E-state index < -0.39 is 12.2 Å². The average Bonchev–Trinajstić information content (AvgIpc) is 2.63. The lowest BCUT2D eigenvalue weighted by Gasteiger charge is -2.26. The van der Waals surface area contributed by atoms with Crippen LogP contribution in [0.2, 0.25) is 0 Å². The van der Waals surface area contributed by atoms with Crippen molar-refractivity contribution < 1.29 is 28.5 Å². The SMILES string of the molecule is O=C(Oc1cccc(OC(=O)N2CCOCC2)c1)N1CCOCC1. The predicted molar refractivity (Wildman–Crippen MR) is 83.3 cm³/mol. The Morgan fingerprint density at radius 1 is 0.792 bits per heavy atom. The topological polar surface area (TPSA) is 77.5 Å². The summed E-state index contributed by atoms with van der Waals surface area (Å²) >= 11 is 0. The van der Waals surface area contributed by atoms with Crippen LogP contribution in [-0.4, -0.2) is 74.6 Å². The normalized spacial score (nSPS) is 18.2. The number of hydrogen-bond acceptors (Lipinski definition) is 6. The minimum Gasteiger partial charge on any atom is -0.410 e. The molecule has 2 aliphatic rings. The fraction of sp³-hybridized carbons (Fsp3) is 0.500. The number of hydrogen-bond donors (Lipinski definition) is 0. The third-order valence-corrected chi connectivity index (χ3v) is 3.75. The summed E-state index contributed by atoms with van der Waals surface area (Å²) < 4.78 is 21.1. The van der Waals surface area contributed by atoms with Gasteiger partial charge in [-0.25, -0.2) is 9.59 Å². The van der Waals surface area contributed by atoms with Gasteiger partial charge >= 0.3 is 12.2 Å². The monoisotopic (exact) mass is 336 g/mol. The van der Waals surface area contributed by atoms with Gasteiger partial charge in [0, 0.05) is 32.2 Å². The minimum atomic E-state index is -0.435. The largest absolute Gasteiger partial charge is 0.415 e. The number of morpholine rings is 2. The Morgan fingerprint density at radius 3 is 1.62 bits per heavy atom. The number of nitrogens with zero attached hydrogens (tertiary/aromatic N) is 2. The second-order valence-electron chi connectivity index (χ2n) is 5.41. The van der Waals surface area contributed by atoms with Crippen molar-refractivity contribution in [3.8, 4) is 11.5 Å². The number of benzene rings is 1. The maximum atomic E-state index is 12.1. The van der Waals surface area contributed by atoms with Crippen molar-refractivity contribution in [1.82, 2.24) is 9.80 Å². The molecule has 0 radical (unpaired) electrons. The third-order valence-electron chi connectivity index (χ3n) is 3.75. The van der Waals surface area contributed by atoms with Crippen LogP contribution in [-0.2, 0) is 9.47 Å². The van der Waals surface area contributed by atoms with E-state index in [1.165, 1.54) is 6.07 Å². The third kappa shape index (κ3) is 4.36. The van der Waals surface area contributed by atoms with Crippen LogP contribution < -0.4 is 9.47 Å². The zero-order valence-corrected chi connectivity index (χ0v) is 13.3. The van der Waals surface area contributed by atoms with Crippen LogP contribution >= 0.6 is 0 Å². The Hall–Kier alpha value is -2.32. The number of carbonyl (C=O) groups excluding carboxylic acids is 2. The van der Waals surface area contributed by atoms with Gasteiger partial charge in [-0.3, -0.25) is 0 Å². The van der Waals surface area contributed by atoms with Gasteiger partial charge < -0.3 is 28.7 Å². The number of rotatable bonds is 2. The number of ether oxygens (including phenoxy) is 4. The molecule has 0 aromatic heterocycles. The van der Waals surface area contributed by atoms with Gasteiger partial charge in [-0.1, -0.05) is 6.07 Å². The van der Waals surface area contributed by atoms with Crippen LogP contribution in [0.15, 0.2) is 24.3 Å². The van der Waals surface area contributed by atoms with Gasteiger partial charge in [0.2, 0.25) is 0 Å². The highest BCUT2D eigenvalue weighted by atomic mass is 16.6. The van der Waals surface area contributed by atoms with E-state index in [9.17, 15) is 9.59 Å². The smallest absolute Gasteiger partial charge is 0.410 e. The summed E-state index contributed by atoms with van der Waals surface area (Å²) in [5.41, 5.74) is 0. The van der Waals surface area contributed by atoms with Crippen molar-refractivity contribution in [2.45, 2.75) is 0 Å². The molecule has 0 N–H and O–H groups in total. The summed E-state index contributed by atoms with van der Waals surface area (Å²) in [4.78, 5) is 27.3. The molecule has 8 heteroatoms. The highest BCUT2D eigenvalue weighted by molar-refractivity contribution is 5.72. The van der Waals surface area contributed by atoms with Crippen LogP contribution in [0.1, 0.15) is 0 Å². The van der Waals surface area contributed by atoms with Crippen molar-refractivity contribution in [3.63, 3.8) is 0 Å². The molecule has 0 spiro atoms. The second kappa shape index (κ2) is 7.98. The quantitative estimate of drug-likeness (QED) is 0.811. The molecule has 2 saturated heterocycles. The number of carbonyl (C=O) groups is 2. The molecule has 2 aliphatic heterocycles. The zero-order valence-electron chi connectivity index (χ0n) is 13.3. The van der Waals surface area contributed by atoms with Gasteiger partial charge in [0.05, 0.1) is 26.4 Å². The molecule has 1 aromatic carbocycles. The first kappa shape index (κ1) is 16.5. The highest BCUT2D eigenvalue weighted by Crippen LogP contribution is 2.21. The average molecular weight is 336 g/mol. The molecule has 0 aliphatic carbocycles. The van der Waals surface area contributed by atoms with Crippen LogP contribution in [0, 0.1) is 0 Å². The van der Waals surface area contributed by atoms with E-state index in [1.807, 2.05) is 0 Å². The van der Waals surface area contributed by atoms with Gasteiger partial charge in [0.25, 0.3) is 0 Å². The van der Waals surface area contributed by atoms with E-state index in [0.29, 0.717) is 64.1 Å². The Balaban J connectivity index is 1.57. The molecule has 1 aromatic rings. The molecule has 130 valence electrons. The lowest BCUT2D eigenvalue weighted by Crippen LogP contribution is -2.42. The first-order valence-corrected chi connectivity index (χ1v) is 7.91. The Morgan fingerprint density at radius 2 is 1.21 bits per heavy atom. The second-order valence-corrected chi connectivity index (χ2v) is 5.41. The molecule has 2 heterocycles. The Labute approximate surface area is 139 Å². The van der Waals surface area contributed by atoms with E-state index in [0.717, 1.165) is 0 Å². The van der Waals surface area contributed by atoms with Gasteiger partial charge in [0.15, 0.2) is 0 Å². The summed E-state index contributed by atoms with van der Waals surface area (Å²) in [6.07, 6.45) is -0.870. The maximum Gasteiger partial charge on any atom is 0.415 e. The predicted octanol–water partition coefficient (Wildman–Crippen LogP) is 1.35. The van der Waals surface area contributed by atoms with Gasteiger partial charge in [-0.05, 0) is 12.1 Å². The highest BCUT2D eigenvalue weighted by Gasteiger charge is 2.20. The lowest BCUT2D eigenvalue weighted by atomic mass is 10.3. The van der Waals surface area contributed by atoms with E-state index in [4.69, 9.17) is 18.9 Å². The molecule has 0 atom stereocenters. The van der Waals surface area contributed by atoms with Crippen molar-refractivity contribution >= 4 is 12.2 Å². The van der Waals surface area contributed by atoms with Crippen LogP contribution in [0.3, 0.4) is 0 Å². The Kier molecular flexibility index (Phi) is 5.50. The minimum absolute atomic E-state index is 0.332. The summed E-state index contributed by atoms with van der Waals surface area (Å²) in [6.45, 7) is 4.04. The summed E-state index contributed by atoms with van der Waals surface area (Å²) in [7, 11) is 0. The molecule has 2 fully saturated rings. The summed E-state index contributed by atoms with van der Waals surface area (Å²) in [5, 5.41) is 0. The first-order chi connectivity index (χ1) is 11.7. The van der Waals surface area contributed by atoms with Crippen molar-refractivity contribution in [1.29, 1.82) is 0 Å². The summed E-state index contributed by atoms with van der Waals surface area (Å²) in [6, 6.07) is 6.48. The van der Waals surface area contributed by atoms with E-state index in [2.05, 4.69) is 0 Å². The van der Waals surface area contributed by atoms with Crippen molar-refractivity contribution in [3.05, 3.63) is 24.3 Å². The molecule has 0 bridgehead atoms. The number of amides is 2. The molecule has 24 heavy (non-hydrogen) atoms. The van der Waals surface area contributed by atoms with Crippen molar-refractivity contribution in [2.75, 3.05) is 52.6 Å². The van der Waals surface area contributed by atoms with Crippen LogP contribution in [0.5, 0.6) is 11.5 Å². The fourth-order valence-electron chi connectivity index (χ4n) is 2.42. The van der Waals surface area contributed by atoms with E-state index >= 15 is 0 Å². The molecule has 0 unspecified atom stereocenters. The van der Waals surface area contributed by atoms with E-state index in [-0.39, 0.29) is 0 Å². The fourth-order valence-corrected chi connectivity index (χ4v) is 2.42. The first-order valence-electron chi connectivity index (χ1n) is 7.91. The molecule has 0 saturated carbocycles. The zero-order chi connectivity index (χ0) is 16.8. The van der Waals surface area contributed by atoms with E-state index in [1.54, 1.807) is 28.0 Å². The van der Waals surface area contributed by atoms with Crippen LogP contribution in [0.25, 0.3) is 0 Å². The van der Waals surface area contributed by atoms with Gasteiger partial charge in [0.1, 0.15) is 11.5 Å². The van der Waals surface area contributed by atoms with Crippen molar-refractivity contribution in [2.24, 2.45) is 0 Å². The molecular weight excluding hydrogens is 316 g/mol. The Bertz CT molecular complexity index is 534. The van der Waals surface area contributed by atoms with Gasteiger partial charge in [-0.2, -0.15) is 0 Å². The van der Waals surface area contributed by atoms with Crippen LogP contribution in [0.4, 0.5) is 9.59 Å². The maximum absolute atomic E-state index is 12.1. The van der Waals surface area contributed by atoms with Gasteiger partial charge in [-0.15, -0.1) is 0 Å². The molecule has 2 amide bonds.